The van der Waals surface area contributed by atoms with E-state index < -0.39 is 8.25 Å². The summed E-state index contributed by atoms with van der Waals surface area (Å²) in [6, 6.07) is 0. The number of alkyl halides is 1. The number of hydrogen-bond acceptors (Lipinski definition) is 1. The average molecular weight is 155 g/mol. The van der Waals surface area contributed by atoms with Crippen molar-refractivity contribution < 1.29 is 45.3 Å². The van der Waals surface area contributed by atoms with E-state index in [1.807, 2.05) is 0 Å². The van der Waals surface area contributed by atoms with Crippen molar-refractivity contribution >= 4 is 19.9 Å². The van der Waals surface area contributed by atoms with Gasteiger partial charge in [0, 0.05) is 10.9 Å². The predicted octanol–water partition coefficient (Wildman–Crippen LogP) is -2.40. The number of hydrogen-bond donors (Lipinski definition) is 2. The topological polar surface area (TPSA) is 57.5 Å². The van der Waals surface area contributed by atoms with Gasteiger partial charge in [-0.15, -0.1) is 21.4 Å². The van der Waals surface area contributed by atoms with Gasteiger partial charge in [-0.3, -0.25) is 0 Å². The van der Waals surface area contributed by atoms with Crippen LogP contribution in [0, 0.1) is 0 Å². The molecule has 0 aromatic heterocycles. The maximum absolute atomic E-state index is 8.70. The smallest absolute Gasteiger partial charge is 1.00 e. The maximum atomic E-state index is 8.70. The molecule has 0 fully saturated rings. The first-order valence-electron chi connectivity index (χ1n) is 0.961. The molecule has 0 unspecified atom stereocenters. The van der Waals surface area contributed by atoms with Crippen molar-refractivity contribution in [2.75, 3.05) is 6.38 Å². The second-order valence-electron chi connectivity index (χ2n) is 0.253. The Morgan fingerprint density at radius 3 is 1.57 bits per heavy atom. The summed E-state index contributed by atoms with van der Waals surface area (Å²) in [6.45, 7) is 0. The van der Waals surface area contributed by atoms with Gasteiger partial charge in [-0.25, -0.2) is 0 Å². The molecule has 0 bridgehead atoms. The summed E-state index contributed by atoms with van der Waals surface area (Å²) in [6.07, 6.45) is 1.47. The number of halogens is 1. The van der Waals surface area contributed by atoms with Gasteiger partial charge in [0.05, 0.1) is 0 Å². The summed E-state index contributed by atoms with van der Waals surface area (Å²) >= 11 is 4.64. The van der Waals surface area contributed by atoms with Gasteiger partial charge in [-0.2, -0.15) is 0 Å². The zero-order chi connectivity index (χ0) is 5.58. The van der Waals surface area contributed by atoms with E-state index in [0.29, 0.717) is 0 Å². The Labute approximate surface area is 71.4 Å². The predicted molar refractivity (Wildman–Crippen MR) is 24.9 cm³/mol. The summed E-state index contributed by atoms with van der Waals surface area (Å²) < 4.78 is 8.70. The van der Waals surface area contributed by atoms with E-state index in [-0.39, 0.29) is 31.0 Å². The Bertz CT molecular complexity index is 42.3. The summed E-state index contributed by atoms with van der Waals surface area (Å²) in [7, 11) is -2.87. The Morgan fingerprint density at radius 1 is 1.57 bits per heavy atom. The zero-order valence-electron chi connectivity index (χ0n) is 5.13. The second-order valence-corrected chi connectivity index (χ2v) is 0.758. The molecular formula is CH6ClNaO3P+. The van der Waals surface area contributed by atoms with E-state index in [4.69, 9.17) is 14.4 Å². The third-order valence-corrected chi connectivity index (χ3v) is 0. The van der Waals surface area contributed by atoms with Crippen molar-refractivity contribution in [2.24, 2.45) is 0 Å². The Kier molecular flexibility index (Phi) is 35.3. The van der Waals surface area contributed by atoms with E-state index >= 15 is 0 Å². The van der Waals surface area contributed by atoms with Crippen molar-refractivity contribution in [1.29, 1.82) is 0 Å². The molecule has 0 aromatic carbocycles. The van der Waals surface area contributed by atoms with E-state index in [2.05, 4.69) is 11.6 Å². The second kappa shape index (κ2) is 15.7. The maximum Gasteiger partial charge on any atom is 1.00 e. The van der Waals surface area contributed by atoms with Crippen molar-refractivity contribution in [2.45, 2.75) is 0 Å². The van der Waals surface area contributed by atoms with Gasteiger partial charge < -0.3 is 1.43 Å². The van der Waals surface area contributed by atoms with Crippen LogP contribution in [-0.2, 0) is 4.57 Å². The van der Waals surface area contributed by atoms with Gasteiger partial charge in [0.2, 0.25) is 0 Å². The third kappa shape index (κ3) is 120. The molecule has 0 amide bonds. The van der Waals surface area contributed by atoms with Crippen molar-refractivity contribution in [3.05, 3.63) is 0 Å². The van der Waals surface area contributed by atoms with Crippen LogP contribution in [0.2, 0.25) is 0 Å². The van der Waals surface area contributed by atoms with Crippen LogP contribution in [0.5, 0.6) is 0 Å². The van der Waals surface area contributed by atoms with Crippen LogP contribution in [0.25, 0.3) is 0 Å². The molecule has 0 atom stereocenters. The monoisotopic (exact) mass is 155 g/mol. The van der Waals surface area contributed by atoms with Crippen LogP contribution in [0.4, 0.5) is 0 Å². The summed E-state index contributed by atoms with van der Waals surface area (Å²) in [5.41, 5.74) is 0. The van der Waals surface area contributed by atoms with Crippen LogP contribution < -0.4 is 29.6 Å². The summed E-state index contributed by atoms with van der Waals surface area (Å²) in [5.74, 6) is 0. The van der Waals surface area contributed by atoms with Crippen LogP contribution in [0.15, 0.2) is 0 Å². The van der Waals surface area contributed by atoms with Gasteiger partial charge in [-0.1, -0.05) is 0 Å². The first-order valence-corrected chi connectivity index (χ1v) is 2.88. The first-order chi connectivity index (χ1) is 2.73. The fourth-order valence-corrected chi connectivity index (χ4v) is 0. The fourth-order valence-electron chi connectivity index (χ4n) is 0. The molecule has 0 aliphatic carbocycles. The molecule has 0 spiro atoms. The molecule has 0 aliphatic heterocycles. The molecule has 0 saturated heterocycles. The third-order valence-electron chi connectivity index (χ3n) is 0. The molecule has 6 heteroatoms. The molecule has 3 nitrogen and oxygen atoms in total. The molecule has 0 aliphatic rings. The Hall–Kier alpha value is 1.31. The van der Waals surface area contributed by atoms with Crippen LogP contribution in [-0.4, -0.2) is 16.2 Å². The van der Waals surface area contributed by atoms with Crippen molar-refractivity contribution in [1.82, 2.24) is 0 Å². The normalized spacial score (nSPS) is 4.57. The minimum absolute atomic E-state index is 0. The Morgan fingerprint density at radius 2 is 1.57 bits per heavy atom. The van der Waals surface area contributed by atoms with Gasteiger partial charge >= 0.3 is 37.8 Å². The number of rotatable bonds is 0. The summed E-state index contributed by atoms with van der Waals surface area (Å²) in [4.78, 5) is 14.2. The first kappa shape index (κ1) is 15.7. The van der Waals surface area contributed by atoms with Crippen molar-refractivity contribution in [3.63, 3.8) is 0 Å². The van der Waals surface area contributed by atoms with Crippen LogP contribution in [0.1, 0.15) is 1.43 Å². The molecule has 0 heterocycles. The Balaban J connectivity index is -0.0000000183. The van der Waals surface area contributed by atoms with Gasteiger partial charge in [0.1, 0.15) is 0 Å². The fraction of sp³-hybridized carbons (Fsp3) is 1.00. The summed E-state index contributed by atoms with van der Waals surface area (Å²) in [5, 5.41) is 0. The minimum Gasteiger partial charge on any atom is -1.00 e. The van der Waals surface area contributed by atoms with Gasteiger partial charge in [0.15, 0.2) is 0 Å². The minimum atomic E-state index is -2.87. The van der Waals surface area contributed by atoms with Crippen LogP contribution >= 0.6 is 19.9 Å². The molecule has 0 aromatic rings. The molecule has 0 saturated carbocycles. The zero-order valence-corrected chi connectivity index (χ0v) is 7.78. The van der Waals surface area contributed by atoms with Crippen LogP contribution in [0.3, 0.4) is 0 Å². The molecule has 40 valence electrons. The van der Waals surface area contributed by atoms with E-state index in [0.717, 1.165) is 0 Å². The quantitative estimate of drug-likeness (QED) is 0.233. The largest absolute Gasteiger partial charge is 1.00 e. The van der Waals surface area contributed by atoms with E-state index in [9.17, 15) is 0 Å². The standard InChI is InChI=1S/CH3Cl.Na.HO3P.H/c1-2;;1-4(2)3;/h1H3;;(H-,1,2,3);/q;+1;;-1/p+1. The van der Waals surface area contributed by atoms with Gasteiger partial charge in [0.25, 0.3) is 0 Å². The van der Waals surface area contributed by atoms with E-state index in [1.54, 1.807) is 0 Å². The van der Waals surface area contributed by atoms with Crippen molar-refractivity contribution in [3.8, 4) is 0 Å². The average Bonchev–Trinajstić information content (AvgIpc) is 1.41. The SMILES string of the molecule is CCl.O=[P+](O)O.[H-].[Na+]. The molecular weight excluding hydrogens is 149 g/mol. The van der Waals surface area contributed by atoms with Gasteiger partial charge in [-0.05, 0) is 0 Å². The molecule has 2 N–H and O–H groups in total. The van der Waals surface area contributed by atoms with E-state index in [1.165, 1.54) is 6.38 Å². The molecule has 7 heavy (non-hydrogen) atoms. The molecule has 0 radical (unpaired) electrons. The molecule has 0 rings (SSSR count).